The molecule has 1 aromatic rings. The van der Waals surface area contributed by atoms with Gasteiger partial charge in [0.25, 0.3) is 0 Å². The van der Waals surface area contributed by atoms with Gasteiger partial charge >= 0.3 is 0 Å². The quantitative estimate of drug-likeness (QED) is 0.892. The van der Waals surface area contributed by atoms with Crippen LogP contribution in [-0.2, 0) is 16.0 Å². The van der Waals surface area contributed by atoms with Crippen LogP contribution < -0.4 is 5.73 Å². The number of hydrogen-bond acceptors (Lipinski definition) is 5. The SMILES string of the molecule is Cc1nc(N)sc1CC(=O)N(C)CC1CCCO1. The topological polar surface area (TPSA) is 68.5 Å². The number of hydrogen-bond donors (Lipinski definition) is 1. The highest BCUT2D eigenvalue weighted by Gasteiger charge is 2.21. The van der Waals surface area contributed by atoms with Crippen LogP contribution in [0, 0.1) is 6.92 Å². The third-order valence-corrected chi connectivity index (χ3v) is 4.13. The lowest BCUT2D eigenvalue weighted by Gasteiger charge is -2.20. The van der Waals surface area contributed by atoms with Crippen LogP contribution in [0.5, 0.6) is 0 Å². The van der Waals surface area contributed by atoms with Crippen molar-refractivity contribution < 1.29 is 9.53 Å². The van der Waals surface area contributed by atoms with Gasteiger partial charge in [-0.3, -0.25) is 4.79 Å². The van der Waals surface area contributed by atoms with Gasteiger partial charge < -0.3 is 15.4 Å². The number of rotatable bonds is 4. The molecule has 0 bridgehead atoms. The molecule has 5 nitrogen and oxygen atoms in total. The van der Waals surface area contributed by atoms with Crippen molar-refractivity contribution >= 4 is 22.4 Å². The molecule has 1 unspecified atom stereocenters. The maximum absolute atomic E-state index is 12.1. The smallest absolute Gasteiger partial charge is 0.227 e. The summed E-state index contributed by atoms with van der Waals surface area (Å²) in [6, 6.07) is 0. The first-order chi connectivity index (χ1) is 8.56. The Labute approximate surface area is 111 Å². The molecule has 1 aliphatic heterocycles. The summed E-state index contributed by atoms with van der Waals surface area (Å²) in [5.74, 6) is 0.0947. The molecule has 100 valence electrons. The molecule has 0 aliphatic carbocycles. The number of likely N-dealkylation sites (N-methyl/N-ethyl adjacent to an activating group) is 1. The minimum Gasteiger partial charge on any atom is -0.376 e. The third kappa shape index (κ3) is 3.20. The molecule has 2 heterocycles. The van der Waals surface area contributed by atoms with E-state index in [-0.39, 0.29) is 12.0 Å². The summed E-state index contributed by atoms with van der Waals surface area (Å²) in [5, 5.41) is 0.525. The number of carbonyl (C=O) groups excluding carboxylic acids is 1. The highest BCUT2D eigenvalue weighted by atomic mass is 32.1. The van der Waals surface area contributed by atoms with E-state index in [0.29, 0.717) is 18.1 Å². The van der Waals surface area contributed by atoms with Crippen molar-refractivity contribution in [3.63, 3.8) is 0 Å². The largest absolute Gasteiger partial charge is 0.376 e. The number of carbonyl (C=O) groups is 1. The fourth-order valence-corrected chi connectivity index (χ4v) is 2.91. The van der Waals surface area contributed by atoms with Gasteiger partial charge in [0.15, 0.2) is 5.13 Å². The molecule has 0 saturated carbocycles. The molecule has 1 atom stereocenters. The van der Waals surface area contributed by atoms with Gasteiger partial charge in [0.1, 0.15) is 0 Å². The lowest BCUT2D eigenvalue weighted by Crippen LogP contribution is -2.35. The van der Waals surface area contributed by atoms with Crippen LogP contribution in [0.4, 0.5) is 5.13 Å². The Hall–Kier alpha value is -1.14. The van der Waals surface area contributed by atoms with E-state index in [2.05, 4.69) is 4.98 Å². The Morgan fingerprint density at radius 3 is 3.00 bits per heavy atom. The minimum absolute atomic E-state index is 0.0947. The number of aromatic nitrogens is 1. The van der Waals surface area contributed by atoms with E-state index in [4.69, 9.17) is 10.5 Å². The average molecular weight is 269 g/mol. The number of aryl methyl sites for hydroxylation is 1. The fourth-order valence-electron chi connectivity index (χ4n) is 2.08. The van der Waals surface area contributed by atoms with Gasteiger partial charge in [-0.05, 0) is 19.8 Å². The number of amides is 1. The second kappa shape index (κ2) is 5.67. The van der Waals surface area contributed by atoms with Gasteiger partial charge in [-0.2, -0.15) is 0 Å². The van der Waals surface area contributed by atoms with E-state index < -0.39 is 0 Å². The molecule has 18 heavy (non-hydrogen) atoms. The van der Waals surface area contributed by atoms with Crippen molar-refractivity contribution in [3.05, 3.63) is 10.6 Å². The maximum atomic E-state index is 12.1. The molecular formula is C12H19N3O2S. The number of thiazole rings is 1. The molecule has 6 heteroatoms. The molecule has 2 rings (SSSR count). The molecule has 0 aromatic carbocycles. The second-order valence-electron chi connectivity index (χ2n) is 4.65. The third-order valence-electron chi connectivity index (χ3n) is 3.15. The standard InChI is InChI=1S/C12H19N3O2S/c1-8-10(18-12(13)14-8)6-11(16)15(2)7-9-4-3-5-17-9/h9H,3-7H2,1-2H3,(H2,13,14). The zero-order chi connectivity index (χ0) is 13.1. The summed E-state index contributed by atoms with van der Waals surface area (Å²) in [4.78, 5) is 18.9. The van der Waals surface area contributed by atoms with E-state index in [0.717, 1.165) is 30.0 Å². The van der Waals surface area contributed by atoms with Crippen molar-refractivity contribution in [2.24, 2.45) is 0 Å². The molecule has 1 fully saturated rings. The Bertz CT molecular complexity index is 427. The molecule has 1 amide bonds. The molecule has 1 aliphatic rings. The lowest BCUT2D eigenvalue weighted by molar-refractivity contribution is -0.130. The predicted octanol–water partition coefficient (Wildman–Crippen LogP) is 1.21. The predicted molar refractivity (Wildman–Crippen MR) is 71.6 cm³/mol. The van der Waals surface area contributed by atoms with Gasteiger partial charge in [-0.25, -0.2) is 4.98 Å². The number of nitrogens with two attached hydrogens (primary N) is 1. The second-order valence-corrected chi connectivity index (χ2v) is 5.76. The Morgan fingerprint density at radius 2 is 2.44 bits per heavy atom. The number of nitrogens with zero attached hydrogens (tertiary/aromatic N) is 2. The first-order valence-corrected chi connectivity index (χ1v) is 6.95. The Balaban J connectivity index is 1.88. The highest BCUT2D eigenvalue weighted by molar-refractivity contribution is 7.15. The molecular weight excluding hydrogens is 250 g/mol. The first kappa shape index (κ1) is 13.3. The summed E-state index contributed by atoms with van der Waals surface area (Å²) in [7, 11) is 1.82. The van der Waals surface area contributed by atoms with Crippen LogP contribution in [0.2, 0.25) is 0 Å². The van der Waals surface area contributed by atoms with Crippen molar-refractivity contribution in [3.8, 4) is 0 Å². The zero-order valence-corrected chi connectivity index (χ0v) is 11.6. The normalized spacial score (nSPS) is 19.1. The van der Waals surface area contributed by atoms with E-state index in [1.807, 2.05) is 14.0 Å². The van der Waals surface area contributed by atoms with Gasteiger partial charge in [0.05, 0.1) is 18.2 Å². The molecule has 0 spiro atoms. The molecule has 0 radical (unpaired) electrons. The van der Waals surface area contributed by atoms with Crippen LogP contribution in [0.1, 0.15) is 23.4 Å². The summed E-state index contributed by atoms with van der Waals surface area (Å²) in [6.45, 7) is 3.37. The van der Waals surface area contributed by atoms with Gasteiger partial charge in [-0.1, -0.05) is 0 Å². The van der Waals surface area contributed by atoms with Crippen LogP contribution in [0.25, 0.3) is 0 Å². The van der Waals surface area contributed by atoms with E-state index >= 15 is 0 Å². The average Bonchev–Trinajstić information content (AvgIpc) is 2.89. The fraction of sp³-hybridized carbons (Fsp3) is 0.667. The van der Waals surface area contributed by atoms with Crippen LogP contribution >= 0.6 is 11.3 Å². The van der Waals surface area contributed by atoms with Crippen LogP contribution in [0.15, 0.2) is 0 Å². The maximum Gasteiger partial charge on any atom is 0.227 e. The summed E-state index contributed by atoms with van der Waals surface area (Å²) in [6.07, 6.45) is 2.72. The minimum atomic E-state index is 0.0947. The van der Waals surface area contributed by atoms with E-state index in [1.165, 1.54) is 11.3 Å². The van der Waals surface area contributed by atoms with Crippen molar-refractivity contribution in [2.75, 3.05) is 25.9 Å². The van der Waals surface area contributed by atoms with Crippen molar-refractivity contribution in [2.45, 2.75) is 32.3 Å². The summed E-state index contributed by atoms with van der Waals surface area (Å²) < 4.78 is 5.53. The van der Waals surface area contributed by atoms with E-state index in [1.54, 1.807) is 4.90 Å². The molecule has 2 N–H and O–H groups in total. The first-order valence-electron chi connectivity index (χ1n) is 6.13. The van der Waals surface area contributed by atoms with Gasteiger partial charge in [0, 0.05) is 25.1 Å². The Morgan fingerprint density at radius 1 is 1.67 bits per heavy atom. The monoisotopic (exact) mass is 269 g/mol. The van der Waals surface area contributed by atoms with Gasteiger partial charge in [-0.15, -0.1) is 11.3 Å². The van der Waals surface area contributed by atoms with Crippen LogP contribution in [-0.4, -0.2) is 42.1 Å². The number of anilines is 1. The molecule has 1 aromatic heterocycles. The number of ether oxygens (including phenoxy) is 1. The van der Waals surface area contributed by atoms with Crippen molar-refractivity contribution in [1.29, 1.82) is 0 Å². The highest BCUT2D eigenvalue weighted by Crippen LogP contribution is 2.21. The Kier molecular flexibility index (Phi) is 4.19. The zero-order valence-electron chi connectivity index (χ0n) is 10.8. The summed E-state index contributed by atoms with van der Waals surface area (Å²) in [5.41, 5.74) is 6.48. The van der Waals surface area contributed by atoms with E-state index in [9.17, 15) is 4.79 Å². The van der Waals surface area contributed by atoms with Crippen LogP contribution in [0.3, 0.4) is 0 Å². The number of nitrogen functional groups attached to an aromatic ring is 1. The summed E-state index contributed by atoms with van der Waals surface area (Å²) >= 11 is 1.39. The van der Waals surface area contributed by atoms with Gasteiger partial charge in [0.2, 0.25) is 5.91 Å². The van der Waals surface area contributed by atoms with Crippen molar-refractivity contribution in [1.82, 2.24) is 9.88 Å². The molecule has 1 saturated heterocycles. The lowest BCUT2D eigenvalue weighted by atomic mass is 10.2.